The highest BCUT2D eigenvalue weighted by atomic mass is 35.5. The Labute approximate surface area is 178 Å². The summed E-state index contributed by atoms with van der Waals surface area (Å²) in [6.07, 6.45) is 1.55. The Morgan fingerprint density at radius 2 is 2.03 bits per heavy atom. The van der Waals surface area contributed by atoms with E-state index in [-0.39, 0.29) is 30.9 Å². The summed E-state index contributed by atoms with van der Waals surface area (Å²) in [5, 5.41) is 3.30. The Morgan fingerprint density at radius 3 is 2.73 bits per heavy atom. The zero-order chi connectivity index (χ0) is 21.4. The fraction of sp³-hybridized carbons (Fsp3) is 0.286. The van der Waals surface area contributed by atoms with Gasteiger partial charge in [-0.15, -0.1) is 0 Å². The second kappa shape index (κ2) is 7.87. The molecule has 4 amide bonds. The van der Waals surface area contributed by atoms with E-state index in [1.807, 2.05) is 0 Å². The fourth-order valence-corrected chi connectivity index (χ4v) is 3.95. The van der Waals surface area contributed by atoms with E-state index in [1.54, 1.807) is 56.8 Å². The Hall–Kier alpha value is -3.26. The third-order valence-electron chi connectivity index (χ3n) is 5.38. The Bertz CT molecular complexity index is 1030. The van der Waals surface area contributed by atoms with Gasteiger partial charge >= 0.3 is 6.03 Å². The van der Waals surface area contributed by atoms with Gasteiger partial charge in [0.25, 0.3) is 5.91 Å². The number of rotatable bonds is 5. The van der Waals surface area contributed by atoms with E-state index in [4.69, 9.17) is 16.0 Å². The molecule has 0 saturated heterocycles. The Morgan fingerprint density at radius 1 is 1.27 bits per heavy atom. The van der Waals surface area contributed by atoms with E-state index in [2.05, 4.69) is 5.32 Å². The van der Waals surface area contributed by atoms with Crippen LogP contribution in [0.25, 0.3) is 0 Å². The van der Waals surface area contributed by atoms with Gasteiger partial charge in [0.15, 0.2) is 0 Å². The summed E-state index contributed by atoms with van der Waals surface area (Å²) in [6, 6.07) is 9.63. The fourth-order valence-electron chi connectivity index (χ4n) is 3.70. The monoisotopic (exact) mass is 428 g/mol. The van der Waals surface area contributed by atoms with E-state index in [9.17, 15) is 14.4 Å². The van der Waals surface area contributed by atoms with Crippen LogP contribution in [0.2, 0.25) is 5.02 Å². The molecule has 0 radical (unpaired) electrons. The molecule has 4 rings (SSSR count). The molecule has 2 aromatic rings. The van der Waals surface area contributed by atoms with E-state index in [1.165, 1.54) is 14.7 Å². The molecular formula is C21H21ClN4O4. The van der Waals surface area contributed by atoms with Crippen molar-refractivity contribution in [2.24, 2.45) is 0 Å². The van der Waals surface area contributed by atoms with Crippen LogP contribution in [0.1, 0.15) is 17.4 Å². The topological polar surface area (TPSA) is 86.1 Å². The normalized spacial score (nSPS) is 18.6. The molecule has 1 N–H and O–H groups in total. The van der Waals surface area contributed by atoms with Crippen LogP contribution < -0.4 is 5.32 Å². The molecule has 3 heterocycles. The lowest BCUT2D eigenvalue weighted by atomic mass is 9.96. The molecule has 1 atom stereocenters. The van der Waals surface area contributed by atoms with Crippen LogP contribution in [0.5, 0.6) is 0 Å². The number of benzene rings is 1. The average molecular weight is 429 g/mol. The molecule has 2 aliphatic rings. The molecule has 156 valence electrons. The molecule has 1 unspecified atom stereocenters. The molecule has 9 heteroatoms. The van der Waals surface area contributed by atoms with Gasteiger partial charge in [0.1, 0.15) is 12.3 Å². The smallest absolute Gasteiger partial charge is 0.322 e. The molecule has 0 fully saturated rings. The lowest BCUT2D eigenvalue weighted by molar-refractivity contribution is -0.137. The van der Waals surface area contributed by atoms with Gasteiger partial charge in [0.2, 0.25) is 5.91 Å². The van der Waals surface area contributed by atoms with Crippen LogP contribution in [0.4, 0.5) is 4.79 Å². The number of carbonyl (C=O) groups is 3. The van der Waals surface area contributed by atoms with Gasteiger partial charge in [-0.1, -0.05) is 29.8 Å². The van der Waals surface area contributed by atoms with Gasteiger partial charge in [0, 0.05) is 19.1 Å². The van der Waals surface area contributed by atoms with E-state index in [0.29, 0.717) is 34.2 Å². The Balaban J connectivity index is 1.55. The number of nitrogens with one attached hydrogen (secondary N) is 1. The molecule has 1 aromatic carbocycles. The van der Waals surface area contributed by atoms with Gasteiger partial charge in [-0.3, -0.25) is 14.5 Å². The third-order valence-corrected chi connectivity index (χ3v) is 5.72. The van der Waals surface area contributed by atoms with Crippen molar-refractivity contribution in [3.05, 3.63) is 70.3 Å². The van der Waals surface area contributed by atoms with Gasteiger partial charge in [-0.05, 0) is 23.8 Å². The second-order valence-corrected chi connectivity index (χ2v) is 7.72. The summed E-state index contributed by atoms with van der Waals surface area (Å²) < 4.78 is 5.28. The predicted molar refractivity (Wildman–Crippen MR) is 109 cm³/mol. The number of likely N-dealkylation sites (N-methyl/N-ethyl adjacent to an activating group) is 2. The number of hydrogen-bond donors (Lipinski definition) is 1. The second-order valence-electron chi connectivity index (χ2n) is 7.31. The lowest BCUT2D eigenvalue weighted by Gasteiger charge is -2.31. The number of amides is 4. The molecule has 0 bridgehead atoms. The minimum absolute atomic E-state index is 0.0969. The first-order valence-electron chi connectivity index (χ1n) is 9.44. The highest BCUT2D eigenvalue weighted by Crippen LogP contribution is 2.37. The first kappa shape index (κ1) is 20.0. The summed E-state index contributed by atoms with van der Waals surface area (Å²) in [5.41, 5.74) is 1.66. The third kappa shape index (κ3) is 3.54. The van der Waals surface area contributed by atoms with Crippen LogP contribution in [-0.2, 0) is 16.1 Å². The predicted octanol–water partition coefficient (Wildman–Crippen LogP) is 2.38. The van der Waals surface area contributed by atoms with Gasteiger partial charge in [-0.2, -0.15) is 0 Å². The minimum atomic E-state index is -0.661. The minimum Gasteiger partial charge on any atom is -0.467 e. The summed E-state index contributed by atoms with van der Waals surface area (Å²) in [4.78, 5) is 42.7. The molecule has 0 spiro atoms. The molecule has 8 nitrogen and oxygen atoms in total. The van der Waals surface area contributed by atoms with Crippen molar-refractivity contribution >= 4 is 29.4 Å². The van der Waals surface area contributed by atoms with Gasteiger partial charge < -0.3 is 19.5 Å². The van der Waals surface area contributed by atoms with Crippen molar-refractivity contribution in [3.8, 4) is 0 Å². The largest absolute Gasteiger partial charge is 0.467 e. The van der Waals surface area contributed by atoms with Crippen LogP contribution in [0.15, 0.2) is 58.3 Å². The number of urea groups is 1. The molecular weight excluding hydrogens is 408 g/mol. The van der Waals surface area contributed by atoms with Crippen LogP contribution in [-0.4, -0.2) is 59.7 Å². The van der Waals surface area contributed by atoms with Crippen LogP contribution >= 0.6 is 11.6 Å². The summed E-state index contributed by atoms with van der Waals surface area (Å²) in [7, 11) is 3.26. The van der Waals surface area contributed by atoms with Crippen LogP contribution in [0.3, 0.4) is 0 Å². The maximum Gasteiger partial charge on any atom is 0.322 e. The molecule has 0 saturated carbocycles. The van der Waals surface area contributed by atoms with Gasteiger partial charge in [0.05, 0.1) is 36.7 Å². The highest BCUT2D eigenvalue weighted by molar-refractivity contribution is 6.31. The summed E-state index contributed by atoms with van der Waals surface area (Å²) in [6.45, 7) is 0.392. The van der Waals surface area contributed by atoms with Crippen molar-refractivity contribution in [2.75, 3.05) is 27.2 Å². The zero-order valence-corrected chi connectivity index (χ0v) is 17.3. The number of nitrogens with zero attached hydrogens (tertiary/aromatic N) is 3. The van der Waals surface area contributed by atoms with Crippen molar-refractivity contribution in [1.29, 1.82) is 0 Å². The number of carbonyl (C=O) groups excluding carboxylic acids is 3. The number of furan rings is 1. The number of hydrogen-bond acceptors (Lipinski definition) is 4. The first-order valence-corrected chi connectivity index (χ1v) is 9.82. The average Bonchev–Trinajstić information content (AvgIpc) is 3.34. The lowest BCUT2D eigenvalue weighted by Crippen LogP contribution is -2.45. The van der Waals surface area contributed by atoms with Crippen LogP contribution in [0, 0.1) is 0 Å². The maximum absolute atomic E-state index is 13.2. The van der Waals surface area contributed by atoms with Gasteiger partial charge in [-0.25, -0.2) is 4.79 Å². The zero-order valence-electron chi connectivity index (χ0n) is 16.6. The van der Waals surface area contributed by atoms with Crippen molar-refractivity contribution in [1.82, 2.24) is 20.0 Å². The van der Waals surface area contributed by atoms with E-state index in [0.717, 1.165) is 0 Å². The molecule has 2 aliphatic heterocycles. The number of halogens is 1. The van der Waals surface area contributed by atoms with E-state index >= 15 is 0 Å². The van der Waals surface area contributed by atoms with Crippen molar-refractivity contribution in [2.45, 2.75) is 12.6 Å². The molecule has 1 aromatic heterocycles. The molecule has 30 heavy (non-hydrogen) atoms. The van der Waals surface area contributed by atoms with Crippen molar-refractivity contribution < 1.29 is 18.8 Å². The van der Waals surface area contributed by atoms with Crippen molar-refractivity contribution in [3.63, 3.8) is 0 Å². The molecule has 0 aliphatic carbocycles. The standard InChI is InChI=1S/C21H21ClN4O4/c1-24(10-13-6-5-9-30-13)17(27)12-26-11-16-18(20(26)28)19(23-21(29)25(16)2)14-7-3-4-8-15(14)22/h3-9,19H,10-12H2,1-2H3,(H,23,29). The highest BCUT2D eigenvalue weighted by Gasteiger charge is 2.43. The van der Waals surface area contributed by atoms with E-state index < -0.39 is 6.04 Å². The summed E-state index contributed by atoms with van der Waals surface area (Å²) in [5.74, 6) is 0.140. The quantitative estimate of drug-likeness (QED) is 0.792. The summed E-state index contributed by atoms with van der Waals surface area (Å²) >= 11 is 6.33. The maximum atomic E-state index is 13.2. The SMILES string of the molecule is CN(Cc1ccco1)C(=O)CN1CC2=C(C1=O)C(c1ccccc1Cl)NC(=O)N2C. The Kier molecular flexibility index (Phi) is 5.26. The first-order chi connectivity index (χ1) is 14.4.